The minimum atomic E-state index is 0.665. The summed E-state index contributed by atoms with van der Waals surface area (Å²) in [5.41, 5.74) is 7.50. The van der Waals surface area contributed by atoms with E-state index in [9.17, 15) is 0 Å². The average Bonchev–Trinajstić information content (AvgIpc) is 2.67. The second kappa shape index (κ2) is 10.2. The molecule has 0 unspecified atom stereocenters. The summed E-state index contributed by atoms with van der Waals surface area (Å²) in [5.74, 6) is 0.957. The van der Waals surface area contributed by atoms with E-state index in [0.29, 0.717) is 6.61 Å². The van der Waals surface area contributed by atoms with Gasteiger partial charge in [-0.15, -0.1) is 0 Å². The maximum atomic E-state index is 6.04. The van der Waals surface area contributed by atoms with Gasteiger partial charge in [0.15, 0.2) is 0 Å². The fraction of sp³-hybridized carbons (Fsp3) is 0.458. The zero-order chi connectivity index (χ0) is 18.9. The first-order valence-electron chi connectivity index (χ1n) is 10.1. The molecule has 0 bridgehead atoms. The van der Waals surface area contributed by atoms with Crippen molar-refractivity contribution in [1.29, 1.82) is 0 Å². The normalized spacial score (nSPS) is 11.7. The van der Waals surface area contributed by atoms with Gasteiger partial charge in [-0.1, -0.05) is 58.4 Å². The molecule has 0 fully saturated rings. The molecule has 26 heavy (non-hydrogen) atoms. The van der Waals surface area contributed by atoms with E-state index in [1.807, 2.05) is 13.1 Å². The maximum Gasteiger partial charge on any atom is 0.130 e. The molecule has 2 aromatic rings. The molecule has 2 nitrogen and oxygen atoms in total. The van der Waals surface area contributed by atoms with Crippen LogP contribution in [0.5, 0.6) is 5.75 Å². The Bertz CT molecular complexity index is 724. The van der Waals surface area contributed by atoms with Gasteiger partial charge >= 0.3 is 0 Å². The molecule has 0 atom stereocenters. The van der Waals surface area contributed by atoms with Gasteiger partial charge in [0.1, 0.15) is 5.75 Å². The van der Waals surface area contributed by atoms with Crippen LogP contribution in [0.1, 0.15) is 70.6 Å². The molecule has 0 spiro atoms. The van der Waals surface area contributed by atoms with Crippen LogP contribution in [0.4, 0.5) is 0 Å². The van der Waals surface area contributed by atoms with Gasteiger partial charge in [0.2, 0.25) is 0 Å². The second-order valence-electron chi connectivity index (χ2n) is 6.54. The van der Waals surface area contributed by atoms with Crippen molar-refractivity contribution in [2.45, 2.75) is 66.7 Å². The smallest absolute Gasteiger partial charge is 0.130 e. The van der Waals surface area contributed by atoms with E-state index in [4.69, 9.17) is 9.72 Å². The van der Waals surface area contributed by atoms with Crippen molar-refractivity contribution in [3.63, 3.8) is 0 Å². The van der Waals surface area contributed by atoms with Crippen LogP contribution >= 0.6 is 0 Å². The molecule has 0 aliphatic heterocycles. The Morgan fingerprint density at radius 3 is 2.27 bits per heavy atom. The molecule has 140 valence electrons. The number of allylic oxidation sites excluding steroid dienone is 2. The number of aryl methyl sites for hydroxylation is 2. The van der Waals surface area contributed by atoms with Gasteiger partial charge in [-0.25, -0.2) is 0 Å². The summed E-state index contributed by atoms with van der Waals surface area (Å²) in [6.45, 7) is 11.5. The highest BCUT2D eigenvalue weighted by Gasteiger charge is 2.15. The highest BCUT2D eigenvalue weighted by molar-refractivity contribution is 5.75. The number of aromatic nitrogens is 1. The summed E-state index contributed by atoms with van der Waals surface area (Å²) in [6, 6.07) is 8.72. The second-order valence-corrected chi connectivity index (χ2v) is 6.54. The number of nitrogens with zero attached hydrogens (tertiary/aromatic N) is 1. The van der Waals surface area contributed by atoms with E-state index in [1.165, 1.54) is 22.3 Å². The Balaban J connectivity index is 2.61. The highest BCUT2D eigenvalue weighted by atomic mass is 16.5. The van der Waals surface area contributed by atoms with Gasteiger partial charge in [-0.3, -0.25) is 4.98 Å². The van der Waals surface area contributed by atoms with E-state index in [2.05, 4.69) is 58.0 Å². The van der Waals surface area contributed by atoms with Crippen LogP contribution < -0.4 is 4.74 Å². The molecule has 2 heteroatoms. The average molecular weight is 352 g/mol. The molecule has 1 aromatic heterocycles. The van der Waals surface area contributed by atoms with E-state index < -0.39 is 0 Å². The van der Waals surface area contributed by atoms with E-state index in [0.717, 1.165) is 49.1 Å². The number of hydrogen-bond acceptors (Lipinski definition) is 2. The SMILES string of the molecule is CC/C=C(\CCC)c1cnc(-c2c(CC)cccc2CC)cc1OCC. The van der Waals surface area contributed by atoms with Crippen LogP contribution in [0.2, 0.25) is 0 Å². The van der Waals surface area contributed by atoms with Crippen molar-refractivity contribution in [3.8, 4) is 17.0 Å². The third-order valence-electron chi connectivity index (χ3n) is 4.74. The molecule has 0 saturated heterocycles. The first-order chi connectivity index (χ1) is 12.7. The first kappa shape index (κ1) is 20.2. The molecule has 0 amide bonds. The number of rotatable bonds is 9. The minimum Gasteiger partial charge on any atom is -0.493 e. The molecule has 0 N–H and O–H groups in total. The maximum absolute atomic E-state index is 6.04. The van der Waals surface area contributed by atoms with Gasteiger partial charge in [-0.2, -0.15) is 0 Å². The predicted molar refractivity (Wildman–Crippen MR) is 113 cm³/mol. The molecule has 2 rings (SSSR count). The lowest BCUT2D eigenvalue weighted by atomic mass is 9.93. The van der Waals surface area contributed by atoms with Crippen molar-refractivity contribution in [3.05, 3.63) is 53.2 Å². The van der Waals surface area contributed by atoms with Crippen LogP contribution in [0.3, 0.4) is 0 Å². The van der Waals surface area contributed by atoms with Gasteiger partial charge in [0.05, 0.1) is 12.3 Å². The van der Waals surface area contributed by atoms with Crippen LogP contribution in [0, 0.1) is 0 Å². The summed E-state index contributed by atoms with van der Waals surface area (Å²) in [7, 11) is 0. The quantitative estimate of drug-likeness (QED) is 0.492. The Morgan fingerprint density at radius 1 is 1.04 bits per heavy atom. The zero-order valence-corrected chi connectivity index (χ0v) is 17.1. The Morgan fingerprint density at radius 2 is 1.73 bits per heavy atom. The monoisotopic (exact) mass is 351 g/mol. The third kappa shape index (κ3) is 4.55. The van der Waals surface area contributed by atoms with Gasteiger partial charge in [0, 0.05) is 23.4 Å². The van der Waals surface area contributed by atoms with Crippen molar-refractivity contribution < 1.29 is 4.74 Å². The summed E-state index contributed by atoms with van der Waals surface area (Å²) >= 11 is 0. The fourth-order valence-corrected chi connectivity index (χ4v) is 3.52. The van der Waals surface area contributed by atoms with Crippen molar-refractivity contribution in [2.24, 2.45) is 0 Å². The lowest BCUT2D eigenvalue weighted by molar-refractivity contribution is 0.339. The number of hydrogen-bond donors (Lipinski definition) is 0. The molecule has 0 aliphatic carbocycles. The molecular weight excluding hydrogens is 318 g/mol. The van der Waals surface area contributed by atoms with Crippen molar-refractivity contribution in [2.75, 3.05) is 6.61 Å². The standard InChI is InChI=1S/C24H33NO/c1-6-12-20(13-7-2)21-17-25-22(16-23(21)26-10-5)24-18(8-3)14-11-15-19(24)9-4/h11-12,14-17H,6-10,13H2,1-5H3/b20-12+. The van der Waals surface area contributed by atoms with Crippen molar-refractivity contribution in [1.82, 2.24) is 4.98 Å². The van der Waals surface area contributed by atoms with E-state index >= 15 is 0 Å². The third-order valence-corrected chi connectivity index (χ3v) is 4.74. The predicted octanol–water partition coefficient (Wildman–Crippen LogP) is 6.87. The molecule has 1 aromatic carbocycles. The van der Waals surface area contributed by atoms with Gasteiger partial charge in [0.25, 0.3) is 0 Å². The lowest BCUT2D eigenvalue weighted by Gasteiger charge is -2.17. The molecule has 0 radical (unpaired) electrons. The molecule has 0 aliphatic rings. The lowest BCUT2D eigenvalue weighted by Crippen LogP contribution is -2.01. The summed E-state index contributed by atoms with van der Waals surface area (Å²) < 4.78 is 6.04. The molecule has 1 heterocycles. The first-order valence-corrected chi connectivity index (χ1v) is 10.1. The van der Waals surface area contributed by atoms with Crippen LogP contribution in [-0.4, -0.2) is 11.6 Å². The summed E-state index contributed by atoms with van der Waals surface area (Å²) in [6.07, 6.45) is 9.55. The highest BCUT2D eigenvalue weighted by Crippen LogP contribution is 2.35. The number of ether oxygens (including phenoxy) is 1. The Hall–Kier alpha value is -2.09. The van der Waals surface area contributed by atoms with Crippen LogP contribution in [-0.2, 0) is 12.8 Å². The van der Waals surface area contributed by atoms with Gasteiger partial charge in [-0.05, 0) is 49.3 Å². The van der Waals surface area contributed by atoms with E-state index in [1.54, 1.807) is 0 Å². The molecule has 0 saturated carbocycles. The van der Waals surface area contributed by atoms with E-state index in [-0.39, 0.29) is 0 Å². The Labute approximate surface area is 159 Å². The van der Waals surface area contributed by atoms with Crippen LogP contribution in [0.25, 0.3) is 16.8 Å². The van der Waals surface area contributed by atoms with Crippen molar-refractivity contribution >= 4 is 5.57 Å². The number of pyridine rings is 1. The summed E-state index contributed by atoms with van der Waals surface area (Å²) in [4.78, 5) is 4.87. The fourth-order valence-electron chi connectivity index (χ4n) is 3.52. The zero-order valence-electron chi connectivity index (χ0n) is 17.1. The van der Waals surface area contributed by atoms with Gasteiger partial charge < -0.3 is 4.74 Å². The topological polar surface area (TPSA) is 22.1 Å². The largest absolute Gasteiger partial charge is 0.493 e. The Kier molecular flexibility index (Phi) is 7.90. The van der Waals surface area contributed by atoms with Crippen LogP contribution in [0.15, 0.2) is 36.5 Å². The number of benzene rings is 1. The summed E-state index contributed by atoms with van der Waals surface area (Å²) in [5, 5.41) is 0. The minimum absolute atomic E-state index is 0.665. The molecular formula is C24H33NO.